The van der Waals surface area contributed by atoms with Gasteiger partial charge in [-0.05, 0) is 48.9 Å². The molecule has 4 rings (SSSR count). The highest BCUT2D eigenvalue weighted by atomic mass is 19.1. The molecule has 1 heterocycles. The van der Waals surface area contributed by atoms with Gasteiger partial charge in [0, 0.05) is 11.1 Å². The first-order chi connectivity index (χ1) is 12.1. The van der Waals surface area contributed by atoms with Crippen LogP contribution in [0.1, 0.15) is 5.56 Å². The summed E-state index contributed by atoms with van der Waals surface area (Å²) in [5.74, 6) is -0.706. The molecule has 0 spiro atoms. The maximum Gasteiger partial charge on any atom is 0.123 e. The first-order valence-corrected chi connectivity index (χ1v) is 7.90. The largest absolute Gasteiger partial charge is 0.244 e. The first-order valence-electron chi connectivity index (χ1n) is 7.90. The summed E-state index contributed by atoms with van der Waals surface area (Å²) in [6.45, 7) is 1.98. The van der Waals surface area contributed by atoms with E-state index in [0.29, 0.717) is 28.0 Å². The van der Waals surface area contributed by atoms with Crippen LogP contribution < -0.4 is 0 Å². The Labute approximate surface area is 143 Å². The lowest BCUT2D eigenvalue weighted by Crippen LogP contribution is -1.96. The summed E-state index contributed by atoms with van der Waals surface area (Å²) in [4.78, 5) is 9.38. The molecule has 3 aromatic carbocycles. The summed E-state index contributed by atoms with van der Waals surface area (Å²) in [5, 5.41) is 0. The lowest BCUT2D eigenvalue weighted by atomic mass is 10.0. The second-order valence-corrected chi connectivity index (χ2v) is 5.93. The summed E-state index contributed by atoms with van der Waals surface area (Å²) in [5.41, 5.74) is 4.77. The molecule has 0 N–H and O–H groups in total. The van der Waals surface area contributed by atoms with E-state index in [-0.39, 0.29) is 11.6 Å². The number of aryl methyl sites for hydroxylation is 1. The summed E-state index contributed by atoms with van der Waals surface area (Å²) in [7, 11) is 0. The molecule has 0 aliphatic heterocycles. The molecule has 0 aliphatic rings. The predicted molar refractivity (Wildman–Crippen MR) is 95.1 cm³/mol. The molecular weight excluding hydrogens is 318 g/mol. The van der Waals surface area contributed by atoms with Gasteiger partial charge in [-0.3, -0.25) is 0 Å². The van der Waals surface area contributed by atoms with Gasteiger partial charge < -0.3 is 0 Å². The number of aromatic nitrogens is 2. The zero-order valence-corrected chi connectivity index (χ0v) is 13.5. The lowest BCUT2D eigenvalue weighted by molar-refractivity contribution is 0.627. The SMILES string of the molecule is Cc1ccc2nc(-c3cccc(F)c3)c(-c3cccc(F)c3)nc2c1. The Morgan fingerprint density at radius 3 is 1.76 bits per heavy atom. The highest BCUT2D eigenvalue weighted by molar-refractivity contribution is 5.86. The van der Waals surface area contributed by atoms with E-state index in [1.54, 1.807) is 24.3 Å². The van der Waals surface area contributed by atoms with Crippen LogP contribution >= 0.6 is 0 Å². The summed E-state index contributed by atoms with van der Waals surface area (Å²) in [6, 6.07) is 18.1. The highest BCUT2D eigenvalue weighted by Crippen LogP contribution is 2.31. The second-order valence-electron chi connectivity index (χ2n) is 5.93. The van der Waals surface area contributed by atoms with Gasteiger partial charge in [-0.25, -0.2) is 18.7 Å². The molecule has 0 radical (unpaired) electrons. The van der Waals surface area contributed by atoms with E-state index >= 15 is 0 Å². The van der Waals surface area contributed by atoms with Gasteiger partial charge >= 0.3 is 0 Å². The van der Waals surface area contributed by atoms with Crippen LogP contribution in [0.15, 0.2) is 66.7 Å². The van der Waals surface area contributed by atoms with E-state index < -0.39 is 0 Å². The van der Waals surface area contributed by atoms with Gasteiger partial charge in [-0.15, -0.1) is 0 Å². The minimum absolute atomic E-state index is 0.353. The smallest absolute Gasteiger partial charge is 0.123 e. The average molecular weight is 332 g/mol. The van der Waals surface area contributed by atoms with Crippen LogP contribution in [0, 0.1) is 18.6 Å². The van der Waals surface area contributed by atoms with Crippen molar-refractivity contribution in [2.24, 2.45) is 0 Å². The van der Waals surface area contributed by atoms with Gasteiger partial charge in [0.15, 0.2) is 0 Å². The first kappa shape index (κ1) is 15.4. The number of fused-ring (bicyclic) bond motifs is 1. The van der Waals surface area contributed by atoms with Crippen molar-refractivity contribution in [3.05, 3.63) is 83.9 Å². The Morgan fingerprint density at radius 2 is 1.20 bits per heavy atom. The van der Waals surface area contributed by atoms with E-state index in [1.165, 1.54) is 24.3 Å². The van der Waals surface area contributed by atoms with Crippen LogP contribution in [-0.2, 0) is 0 Å². The van der Waals surface area contributed by atoms with Crippen molar-refractivity contribution >= 4 is 11.0 Å². The molecular formula is C21H14F2N2. The number of benzene rings is 3. The summed E-state index contributed by atoms with van der Waals surface area (Å²) in [6.07, 6.45) is 0. The third-order valence-corrected chi connectivity index (χ3v) is 4.02. The minimum Gasteiger partial charge on any atom is -0.244 e. The zero-order chi connectivity index (χ0) is 17.4. The van der Waals surface area contributed by atoms with Gasteiger partial charge in [0.25, 0.3) is 0 Å². The van der Waals surface area contributed by atoms with E-state index in [1.807, 2.05) is 25.1 Å². The third-order valence-electron chi connectivity index (χ3n) is 4.02. The Morgan fingerprint density at radius 1 is 0.640 bits per heavy atom. The third kappa shape index (κ3) is 2.98. The van der Waals surface area contributed by atoms with Crippen molar-refractivity contribution in [2.45, 2.75) is 6.92 Å². The molecule has 0 fully saturated rings. The lowest BCUT2D eigenvalue weighted by Gasteiger charge is -2.11. The molecule has 0 unspecified atom stereocenters. The fourth-order valence-electron chi connectivity index (χ4n) is 2.84. The molecule has 0 amide bonds. The molecule has 4 heteroatoms. The standard InChI is InChI=1S/C21H14F2N2/c1-13-8-9-18-19(10-13)25-21(15-5-3-7-17(23)12-15)20(24-18)14-4-2-6-16(22)11-14/h2-12H,1H3. The Bertz CT molecular complexity index is 1090. The molecule has 1 aromatic heterocycles. The Balaban J connectivity index is 2.05. The summed E-state index contributed by atoms with van der Waals surface area (Å²) < 4.78 is 27.4. The van der Waals surface area contributed by atoms with Gasteiger partial charge in [0.05, 0.1) is 22.4 Å². The second kappa shape index (κ2) is 6.06. The molecule has 122 valence electrons. The number of hydrogen-bond donors (Lipinski definition) is 0. The molecule has 0 saturated heterocycles. The zero-order valence-electron chi connectivity index (χ0n) is 13.5. The maximum absolute atomic E-state index is 13.7. The monoisotopic (exact) mass is 332 g/mol. The van der Waals surface area contributed by atoms with Crippen LogP contribution in [0.5, 0.6) is 0 Å². The van der Waals surface area contributed by atoms with Crippen molar-refractivity contribution in [3.63, 3.8) is 0 Å². The number of hydrogen-bond acceptors (Lipinski definition) is 2. The minimum atomic E-state index is -0.353. The Kier molecular flexibility index (Phi) is 3.73. The molecule has 2 nitrogen and oxygen atoms in total. The topological polar surface area (TPSA) is 25.8 Å². The van der Waals surface area contributed by atoms with Crippen LogP contribution in [0.3, 0.4) is 0 Å². The van der Waals surface area contributed by atoms with Gasteiger partial charge in [0.1, 0.15) is 11.6 Å². The molecule has 0 atom stereocenters. The van der Waals surface area contributed by atoms with E-state index in [9.17, 15) is 8.78 Å². The molecule has 25 heavy (non-hydrogen) atoms. The average Bonchev–Trinajstić information content (AvgIpc) is 2.60. The molecule has 4 aromatic rings. The van der Waals surface area contributed by atoms with Gasteiger partial charge in [-0.1, -0.05) is 30.3 Å². The van der Waals surface area contributed by atoms with Crippen LogP contribution in [0.2, 0.25) is 0 Å². The van der Waals surface area contributed by atoms with Crippen LogP contribution in [0.4, 0.5) is 8.78 Å². The van der Waals surface area contributed by atoms with Crippen LogP contribution in [-0.4, -0.2) is 9.97 Å². The normalized spacial score (nSPS) is 11.0. The van der Waals surface area contributed by atoms with Crippen LogP contribution in [0.25, 0.3) is 33.5 Å². The number of nitrogens with zero attached hydrogens (tertiary/aromatic N) is 2. The van der Waals surface area contributed by atoms with Crippen molar-refractivity contribution in [1.82, 2.24) is 9.97 Å². The fourth-order valence-corrected chi connectivity index (χ4v) is 2.84. The highest BCUT2D eigenvalue weighted by Gasteiger charge is 2.14. The maximum atomic E-state index is 13.7. The number of halogens is 2. The molecule has 0 bridgehead atoms. The fraction of sp³-hybridized carbons (Fsp3) is 0.0476. The quantitative estimate of drug-likeness (QED) is 0.481. The molecule has 0 aliphatic carbocycles. The van der Waals surface area contributed by atoms with Crippen molar-refractivity contribution in [1.29, 1.82) is 0 Å². The summed E-state index contributed by atoms with van der Waals surface area (Å²) >= 11 is 0. The van der Waals surface area contributed by atoms with E-state index in [0.717, 1.165) is 11.1 Å². The van der Waals surface area contributed by atoms with Gasteiger partial charge in [-0.2, -0.15) is 0 Å². The number of rotatable bonds is 2. The molecule has 0 saturated carbocycles. The van der Waals surface area contributed by atoms with Crippen molar-refractivity contribution in [3.8, 4) is 22.5 Å². The van der Waals surface area contributed by atoms with Gasteiger partial charge in [0.2, 0.25) is 0 Å². The van der Waals surface area contributed by atoms with E-state index in [4.69, 9.17) is 4.98 Å². The Hall–Kier alpha value is -3.14. The van der Waals surface area contributed by atoms with Crippen molar-refractivity contribution in [2.75, 3.05) is 0 Å². The van der Waals surface area contributed by atoms with Crippen molar-refractivity contribution < 1.29 is 8.78 Å². The van der Waals surface area contributed by atoms with E-state index in [2.05, 4.69) is 4.98 Å². The predicted octanol–water partition coefficient (Wildman–Crippen LogP) is 5.55.